The zero-order valence-electron chi connectivity index (χ0n) is 20.7. The highest BCUT2D eigenvalue weighted by Crippen LogP contribution is 2.52. The molecule has 1 aliphatic heterocycles. The Morgan fingerprint density at radius 3 is 2.64 bits per heavy atom. The van der Waals surface area contributed by atoms with E-state index in [4.69, 9.17) is 9.72 Å². The average Bonchev–Trinajstić information content (AvgIpc) is 3.71. The van der Waals surface area contributed by atoms with Crippen LogP contribution in [-0.4, -0.2) is 51.1 Å². The number of hydrogen-bond acceptors (Lipinski definition) is 7. The summed E-state index contributed by atoms with van der Waals surface area (Å²) in [6.45, 7) is 4.46. The van der Waals surface area contributed by atoms with Crippen LogP contribution in [0.2, 0.25) is 0 Å². The summed E-state index contributed by atoms with van der Waals surface area (Å²) >= 11 is 0. The van der Waals surface area contributed by atoms with Crippen molar-refractivity contribution in [1.29, 1.82) is 0 Å². The number of amides is 1. The van der Waals surface area contributed by atoms with Gasteiger partial charge in [0.1, 0.15) is 5.82 Å². The topological polar surface area (TPSA) is 101 Å². The summed E-state index contributed by atoms with van der Waals surface area (Å²) in [5.74, 6) is 0.819. The second-order valence-electron chi connectivity index (χ2n) is 9.80. The molecule has 8 nitrogen and oxygen atoms in total. The quantitative estimate of drug-likeness (QED) is 0.496. The van der Waals surface area contributed by atoms with Crippen molar-refractivity contribution in [1.82, 2.24) is 14.7 Å². The largest absolute Gasteiger partial charge is 0.384 e. The van der Waals surface area contributed by atoms with E-state index < -0.39 is 21.3 Å². The van der Waals surface area contributed by atoms with Crippen molar-refractivity contribution in [2.45, 2.75) is 49.3 Å². The third-order valence-electron chi connectivity index (χ3n) is 7.47. The molecular formula is C27H32N4O4S. The zero-order chi connectivity index (χ0) is 25.3. The van der Waals surface area contributed by atoms with Gasteiger partial charge in [0, 0.05) is 50.1 Å². The van der Waals surface area contributed by atoms with Gasteiger partial charge in [-0.1, -0.05) is 13.0 Å². The van der Waals surface area contributed by atoms with Gasteiger partial charge in [-0.25, -0.2) is 18.1 Å². The Morgan fingerprint density at radius 2 is 1.94 bits per heavy atom. The average molecular weight is 509 g/mol. The van der Waals surface area contributed by atoms with Crippen molar-refractivity contribution in [2.75, 3.05) is 31.7 Å². The maximum absolute atomic E-state index is 13.7. The van der Waals surface area contributed by atoms with Gasteiger partial charge in [0.25, 0.3) is 10.0 Å². The number of sulfonamides is 1. The fraction of sp³-hybridized carbons (Fsp3) is 0.444. The number of nitrogens with one attached hydrogen (secondary N) is 1. The lowest BCUT2D eigenvalue weighted by atomic mass is 9.92. The van der Waals surface area contributed by atoms with E-state index >= 15 is 0 Å². The molecule has 2 aromatic heterocycles. The smallest absolute Gasteiger partial charge is 0.264 e. The molecule has 0 atom stereocenters. The second-order valence-corrected chi connectivity index (χ2v) is 11.4. The van der Waals surface area contributed by atoms with Crippen LogP contribution in [0.25, 0.3) is 10.9 Å². The second kappa shape index (κ2) is 9.78. The van der Waals surface area contributed by atoms with E-state index in [1.807, 2.05) is 12.3 Å². The Labute approximate surface area is 212 Å². The number of anilines is 1. The number of nitrogens with zero attached hydrogens (tertiary/aromatic N) is 3. The molecule has 9 heteroatoms. The first kappa shape index (κ1) is 24.6. The van der Waals surface area contributed by atoms with Gasteiger partial charge in [-0.2, -0.15) is 0 Å². The van der Waals surface area contributed by atoms with E-state index in [0.717, 1.165) is 55.9 Å². The van der Waals surface area contributed by atoms with Gasteiger partial charge in [-0.3, -0.25) is 9.78 Å². The highest BCUT2D eigenvalue weighted by Gasteiger charge is 2.54. The van der Waals surface area contributed by atoms with Crippen LogP contribution >= 0.6 is 0 Å². The standard InChI is InChI=1S/C27H32N4O4S/c1-3-19-16-22(25(29-17-19)31-14-9-20(10-15-31)18-35-2)27(11-12-27)26(32)30-36(33,34)24-8-4-7-23-21(24)6-5-13-28-23/h4-8,13,16-17,20H,3,9-12,14-15,18H2,1-2H3,(H,30,32). The normalized spacial score (nSPS) is 17.8. The van der Waals surface area contributed by atoms with Crippen molar-refractivity contribution >= 4 is 32.7 Å². The number of aryl methyl sites for hydroxylation is 1. The van der Waals surface area contributed by atoms with Gasteiger partial charge in [-0.15, -0.1) is 0 Å². The summed E-state index contributed by atoms with van der Waals surface area (Å²) in [6.07, 6.45) is 7.44. The van der Waals surface area contributed by atoms with Crippen LogP contribution in [0.4, 0.5) is 5.82 Å². The van der Waals surface area contributed by atoms with E-state index in [1.54, 1.807) is 37.6 Å². The molecule has 0 bridgehead atoms. The maximum Gasteiger partial charge on any atom is 0.264 e. The highest BCUT2D eigenvalue weighted by atomic mass is 32.2. The van der Waals surface area contributed by atoms with Gasteiger partial charge >= 0.3 is 0 Å². The van der Waals surface area contributed by atoms with E-state index in [1.165, 1.54) is 6.07 Å². The van der Waals surface area contributed by atoms with Gasteiger partial charge in [0.05, 0.1) is 15.8 Å². The highest BCUT2D eigenvalue weighted by molar-refractivity contribution is 7.90. The molecule has 5 rings (SSSR count). The molecule has 0 spiro atoms. The molecule has 0 radical (unpaired) electrons. The number of hydrogen-bond donors (Lipinski definition) is 1. The maximum atomic E-state index is 13.7. The van der Waals surface area contributed by atoms with Crippen LogP contribution in [-0.2, 0) is 31.4 Å². The molecule has 1 saturated heterocycles. The molecule has 1 saturated carbocycles. The molecule has 190 valence electrons. The molecular weight excluding hydrogens is 476 g/mol. The first-order valence-electron chi connectivity index (χ1n) is 12.5. The number of carbonyl (C=O) groups excluding carboxylic acids is 1. The molecule has 1 aromatic carbocycles. The molecule has 1 aliphatic carbocycles. The molecule has 3 aromatic rings. The summed E-state index contributed by atoms with van der Waals surface area (Å²) in [7, 11) is -2.36. The number of ether oxygens (including phenoxy) is 1. The lowest BCUT2D eigenvalue weighted by Crippen LogP contribution is -2.41. The first-order valence-corrected chi connectivity index (χ1v) is 14.0. The molecule has 2 aliphatic rings. The van der Waals surface area contributed by atoms with E-state index in [0.29, 0.717) is 29.7 Å². The SMILES string of the molecule is CCc1cnc(N2CCC(COC)CC2)c(C2(C(=O)NS(=O)(=O)c3cccc4ncccc34)CC2)c1. The first-order chi connectivity index (χ1) is 17.4. The predicted octanol–water partition coefficient (Wildman–Crippen LogP) is 3.59. The molecule has 36 heavy (non-hydrogen) atoms. The minimum atomic E-state index is -4.09. The fourth-order valence-electron chi connectivity index (χ4n) is 5.17. The minimum Gasteiger partial charge on any atom is -0.384 e. The molecule has 1 N–H and O–H groups in total. The summed E-state index contributed by atoms with van der Waals surface area (Å²) in [5.41, 5.74) is 1.53. The summed E-state index contributed by atoms with van der Waals surface area (Å²) < 4.78 is 34.5. The fourth-order valence-corrected chi connectivity index (χ4v) is 6.44. The number of piperidine rings is 1. The third kappa shape index (κ3) is 4.57. The number of methoxy groups -OCH3 is 1. The van der Waals surface area contributed by atoms with Gasteiger partial charge < -0.3 is 9.64 Å². The Kier molecular flexibility index (Phi) is 6.70. The third-order valence-corrected chi connectivity index (χ3v) is 8.86. The van der Waals surface area contributed by atoms with E-state index in [-0.39, 0.29) is 4.90 Å². The number of aromatic nitrogens is 2. The summed E-state index contributed by atoms with van der Waals surface area (Å²) in [5, 5.41) is 0.486. The monoisotopic (exact) mass is 508 g/mol. The van der Waals surface area contributed by atoms with Crippen molar-refractivity contribution in [3.05, 3.63) is 59.9 Å². The van der Waals surface area contributed by atoms with Crippen LogP contribution in [0, 0.1) is 5.92 Å². The Balaban J connectivity index is 1.45. The molecule has 2 fully saturated rings. The molecule has 3 heterocycles. The summed E-state index contributed by atoms with van der Waals surface area (Å²) in [4.78, 5) is 25.0. The number of fused-ring (bicyclic) bond motifs is 1. The molecule has 0 unspecified atom stereocenters. The lowest BCUT2D eigenvalue weighted by Gasteiger charge is -2.34. The minimum absolute atomic E-state index is 0.0538. The van der Waals surface area contributed by atoms with Crippen LogP contribution in [0.5, 0.6) is 0 Å². The summed E-state index contributed by atoms with van der Waals surface area (Å²) in [6, 6.07) is 10.3. The predicted molar refractivity (Wildman–Crippen MR) is 138 cm³/mol. The van der Waals surface area contributed by atoms with Crippen LogP contribution in [0.3, 0.4) is 0 Å². The van der Waals surface area contributed by atoms with Gasteiger partial charge in [0.2, 0.25) is 5.91 Å². The lowest BCUT2D eigenvalue weighted by molar-refractivity contribution is -0.121. The van der Waals surface area contributed by atoms with Crippen LogP contribution in [0.15, 0.2) is 53.7 Å². The van der Waals surface area contributed by atoms with E-state index in [9.17, 15) is 13.2 Å². The van der Waals surface area contributed by atoms with Crippen molar-refractivity contribution in [3.8, 4) is 0 Å². The van der Waals surface area contributed by atoms with Crippen LogP contribution in [0.1, 0.15) is 43.7 Å². The number of rotatable bonds is 8. The number of pyridine rings is 2. The van der Waals surface area contributed by atoms with E-state index in [2.05, 4.69) is 21.5 Å². The number of benzene rings is 1. The number of carbonyl (C=O) groups is 1. The Bertz CT molecular complexity index is 1370. The molecule has 1 amide bonds. The van der Waals surface area contributed by atoms with Crippen molar-refractivity contribution < 1.29 is 17.9 Å². The van der Waals surface area contributed by atoms with Gasteiger partial charge in [-0.05, 0) is 73.9 Å². The van der Waals surface area contributed by atoms with Crippen LogP contribution < -0.4 is 9.62 Å². The Hall–Kier alpha value is -3.04. The zero-order valence-corrected chi connectivity index (χ0v) is 21.6. The van der Waals surface area contributed by atoms with Crippen molar-refractivity contribution in [3.63, 3.8) is 0 Å². The van der Waals surface area contributed by atoms with Gasteiger partial charge in [0.15, 0.2) is 0 Å². The van der Waals surface area contributed by atoms with Crippen molar-refractivity contribution in [2.24, 2.45) is 5.92 Å². The Morgan fingerprint density at radius 1 is 1.17 bits per heavy atom.